The molecule has 0 unspecified atom stereocenters. The normalized spacial score (nSPS) is 10.8. The van der Waals surface area contributed by atoms with Crippen molar-refractivity contribution < 1.29 is 4.74 Å². The van der Waals surface area contributed by atoms with Crippen molar-refractivity contribution in [1.29, 1.82) is 0 Å². The van der Waals surface area contributed by atoms with Gasteiger partial charge in [-0.05, 0) is 40.2 Å². The van der Waals surface area contributed by atoms with Crippen molar-refractivity contribution in [2.45, 2.75) is 6.54 Å². The van der Waals surface area contributed by atoms with Gasteiger partial charge < -0.3 is 15.8 Å². The molecule has 2 aromatic rings. The van der Waals surface area contributed by atoms with Gasteiger partial charge in [0.25, 0.3) is 0 Å². The van der Waals surface area contributed by atoms with Gasteiger partial charge in [-0.3, -0.25) is 0 Å². The molecule has 0 amide bonds. The zero-order valence-corrected chi connectivity index (χ0v) is 15.5. The molecule has 0 bridgehead atoms. The number of benzene rings is 1. The van der Waals surface area contributed by atoms with Crippen LogP contribution in [-0.2, 0) is 6.54 Å². The summed E-state index contributed by atoms with van der Waals surface area (Å²) < 4.78 is 6.33. The number of nitrogens with zero attached hydrogens (tertiary/aromatic N) is 1. The molecule has 7 heteroatoms. The van der Waals surface area contributed by atoms with Gasteiger partial charge in [0.1, 0.15) is 5.75 Å². The van der Waals surface area contributed by atoms with Crippen molar-refractivity contribution in [3.05, 3.63) is 45.1 Å². The SMILES string of the molecule is COc1ccccc1NC(N)=NCc1ccc(Br)s1.I. The number of thiophene rings is 1. The molecule has 0 saturated heterocycles. The Hall–Kier alpha value is -0.800. The first-order valence-corrected chi connectivity index (χ1v) is 7.24. The molecule has 1 heterocycles. The zero-order chi connectivity index (χ0) is 13.7. The summed E-state index contributed by atoms with van der Waals surface area (Å²) in [5.41, 5.74) is 6.66. The van der Waals surface area contributed by atoms with Gasteiger partial charge in [-0.1, -0.05) is 12.1 Å². The third-order valence-corrected chi connectivity index (χ3v) is 4.01. The summed E-state index contributed by atoms with van der Waals surface area (Å²) in [7, 11) is 1.62. The fourth-order valence-electron chi connectivity index (χ4n) is 1.53. The number of nitrogens with two attached hydrogens (primary N) is 1. The number of aliphatic imine (C=N–C) groups is 1. The molecule has 1 aromatic heterocycles. The summed E-state index contributed by atoms with van der Waals surface area (Å²) in [5, 5.41) is 3.03. The van der Waals surface area contributed by atoms with Crippen LogP contribution in [0.5, 0.6) is 5.75 Å². The minimum Gasteiger partial charge on any atom is -0.495 e. The number of rotatable bonds is 4. The van der Waals surface area contributed by atoms with Crippen LogP contribution in [0.15, 0.2) is 45.2 Å². The van der Waals surface area contributed by atoms with Crippen LogP contribution in [0.25, 0.3) is 0 Å². The molecule has 0 aliphatic carbocycles. The molecule has 20 heavy (non-hydrogen) atoms. The Morgan fingerprint density at radius 1 is 1.35 bits per heavy atom. The average molecular weight is 468 g/mol. The van der Waals surface area contributed by atoms with Crippen LogP contribution in [0.1, 0.15) is 4.88 Å². The number of methoxy groups -OCH3 is 1. The smallest absolute Gasteiger partial charge is 0.193 e. The summed E-state index contributed by atoms with van der Waals surface area (Å²) in [6.07, 6.45) is 0. The predicted molar refractivity (Wildman–Crippen MR) is 99.4 cm³/mol. The van der Waals surface area contributed by atoms with Crippen LogP contribution in [0.3, 0.4) is 0 Å². The number of anilines is 1. The molecule has 2 rings (SSSR count). The summed E-state index contributed by atoms with van der Waals surface area (Å²) >= 11 is 5.06. The van der Waals surface area contributed by atoms with E-state index >= 15 is 0 Å². The third kappa shape index (κ3) is 4.95. The van der Waals surface area contributed by atoms with Gasteiger partial charge in [0.15, 0.2) is 5.96 Å². The average Bonchev–Trinajstić information content (AvgIpc) is 2.83. The maximum Gasteiger partial charge on any atom is 0.193 e. The van der Waals surface area contributed by atoms with E-state index in [-0.39, 0.29) is 24.0 Å². The minimum atomic E-state index is 0. The highest BCUT2D eigenvalue weighted by molar-refractivity contribution is 14.0. The molecule has 108 valence electrons. The second-order valence-corrected chi connectivity index (χ2v) is 6.28. The van der Waals surface area contributed by atoms with E-state index in [4.69, 9.17) is 10.5 Å². The lowest BCUT2D eigenvalue weighted by molar-refractivity contribution is 0.417. The number of ether oxygens (including phenoxy) is 1. The van der Waals surface area contributed by atoms with Crippen LogP contribution in [-0.4, -0.2) is 13.1 Å². The van der Waals surface area contributed by atoms with E-state index in [1.165, 1.54) is 0 Å². The maximum absolute atomic E-state index is 5.86. The Labute approximate surface area is 147 Å². The van der Waals surface area contributed by atoms with Crippen LogP contribution in [0, 0.1) is 0 Å². The van der Waals surface area contributed by atoms with E-state index in [0.717, 1.165) is 20.1 Å². The molecular weight excluding hydrogens is 453 g/mol. The van der Waals surface area contributed by atoms with Crippen LogP contribution in [0.4, 0.5) is 5.69 Å². The topological polar surface area (TPSA) is 59.6 Å². The van der Waals surface area contributed by atoms with E-state index in [1.54, 1.807) is 18.4 Å². The first-order chi connectivity index (χ1) is 9.19. The monoisotopic (exact) mass is 467 g/mol. The number of guanidine groups is 1. The van der Waals surface area contributed by atoms with Gasteiger partial charge in [-0.25, -0.2) is 4.99 Å². The van der Waals surface area contributed by atoms with E-state index < -0.39 is 0 Å². The van der Waals surface area contributed by atoms with Crippen molar-refractivity contribution in [3.8, 4) is 5.75 Å². The molecule has 0 atom stereocenters. The number of nitrogens with one attached hydrogen (secondary N) is 1. The second kappa shape index (κ2) is 8.48. The van der Waals surface area contributed by atoms with Crippen molar-refractivity contribution in [2.75, 3.05) is 12.4 Å². The molecule has 4 nitrogen and oxygen atoms in total. The number of halogens is 2. The Morgan fingerprint density at radius 2 is 2.10 bits per heavy atom. The van der Waals surface area contributed by atoms with E-state index in [2.05, 4.69) is 26.2 Å². The molecule has 0 aliphatic rings. The maximum atomic E-state index is 5.86. The number of hydrogen-bond acceptors (Lipinski definition) is 3. The summed E-state index contributed by atoms with van der Waals surface area (Å²) in [5.74, 6) is 1.11. The zero-order valence-electron chi connectivity index (χ0n) is 10.8. The molecule has 0 saturated carbocycles. The molecular formula is C13H15BrIN3OS. The van der Waals surface area contributed by atoms with E-state index in [0.29, 0.717) is 12.5 Å². The van der Waals surface area contributed by atoms with Gasteiger partial charge in [-0.15, -0.1) is 35.3 Å². The van der Waals surface area contributed by atoms with Gasteiger partial charge in [0.05, 0.1) is 23.1 Å². The lowest BCUT2D eigenvalue weighted by atomic mass is 10.3. The Kier molecular flexibility index (Phi) is 7.31. The van der Waals surface area contributed by atoms with Crippen molar-refractivity contribution in [1.82, 2.24) is 0 Å². The lowest BCUT2D eigenvalue weighted by Gasteiger charge is -2.09. The minimum absolute atomic E-state index is 0. The van der Waals surface area contributed by atoms with Gasteiger partial charge in [0.2, 0.25) is 0 Å². The quantitative estimate of drug-likeness (QED) is 0.405. The Morgan fingerprint density at radius 3 is 2.75 bits per heavy atom. The fraction of sp³-hybridized carbons (Fsp3) is 0.154. The van der Waals surface area contributed by atoms with Crippen LogP contribution >= 0.6 is 51.2 Å². The lowest BCUT2D eigenvalue weighted by Crippen LogP contribution is -2.22. The second-order valence-electron chi connectivity index (χ2n) is 3.73. The summed E-state index contributed by atoms with van der Waals surface area (Å²) in [6.45, 7) is 0.560. The molecule has 0 radical (unpaired) electrons. The highest BCUT2D eigenvalue weighted by Crippen LogP contribution is 2.24. The van der Waals surface area contributed by atoms with Crippen molar-refractivity contribution >= 4 is 62.9 Å². The highest BCUT2D eigenvalue weighted by atomic mass is 127. The van der Waals surface area contributed by atoms with Gasteiger partial charge in [-0.2, -0.15) is 0 Å². The molecule has 0 fully saturated rings. The molecule has 0 spiro atoms. The van der Waals surface area contributed by atoms with Crippen LogP contribution in [0.2, 0.25) is 0 Å². The fourth-order valence-corrected chi connectivity index (χ4v) is 2.93. The first kappa shape index (κ1) is 17.3. The molecule has 0 aliphatic heterocycles. The standard InChI is InChI=1S/C13H14BrN3OS.HI/c1-18-11-5-3-2-4-10(11)17-13(15)16-8-9-6-7-12(14)19-9;/h2-7H,8H2,1H3,(H3,15,16,17);1H. The molecule has 3 N–H and O–H groups in total. The number of para-hydroxylation sites is 2. The van der Waals surface area contributed by atoms with Crippen molar-refractivity contribution in [2.24, 2.45) is 10.7 Å². The largest absolute Gasteiger partial charge is 0.495 e. The van der Waals surface area contributed by atoms with E-state index in [1.807, 2.05) is 36.4 Å². The highest BCUT2D eigenvalue weighted by Gasteiger charge is 2.02. The molecule has 1 aromatic carbocycles. The first-order valence-electron chi connectivity index (χ1n) is 5.63. The summed E-state index contributed by atoms with van der Waals surface area (Å²) in [6, 6.07) is 11.6. The van der Waals surface area contributed by atoms with E-state index in [9.17, 15) is 0 Å². The predicted octanol–water partition coefficient (Wildman–Crippen LogP) is 4.06. The Bertz CT molecular complexity index is 589. The van der Waals surface area contributed by atoms with Crippen molar-refractivity contribution in [3.63, 3.8) is 0 Å². The van der Waals surface area contributed by atoms with Gasteiger partial charge in [0, 0.05) is 4.88 Å². The summed E-state index contributed by atoms with van der Waals surface area (Å²) in [4.78, 5) is 5.45. The third-order valence-electron chi connectivity index (χ3n) is 2.40. The number of hydrogen-bond donors (Lipinski definition) is 2. The van der Waals surface area contributed by atoms with Crippen LogP contribution < -0.4 is 15.8 Å². The van der Waals surface area contributed by atoms with Gasteiger partial charge >= 0.3 is 0 Å². The Balaban J connectivity index is 0.00000200.